The molecule has 0 aliphatic heterocycles. The molecule has 0 unspecified atom stereocenters. The van der Waals surface area contributed by atoms with Gasteiger partial charge in [0.25, 0.3) is 0 Å². The van der Waals surface area contributed by atoms with Gasteiger partial charge in [0.15, 0.2) is 12.5 Å². The second kappa shape index (κ2) is 8.06. The van der Waals surface area contributed by atoms with E-state index in [1.54, 1.807) is 0 Å². The largest absolute Gasteiger partial charge is 0.394 e. The number of aromatic nitrogens is 2. The van der Waals surface area contributed by atoms with Crippen LogP contribution in [0.2, 0.25) is 0 Å². The minimum atomic E-state index is -4.67. The SMILES string of the molecule is CN(C)c1n(C)cc[n+]1C.O=S.O=S(=O)(O)O. The summed E-state index contributed by atoms with van der Waals surface area (Å²) in [6.07, 6.45) is 4.07. The van der Waals surface area contributed by atoms with Crippen LogP contribution in [0.3, 0.4) is 0 Å². The average molecular weight is 286 g/mol. The van der Waals surface area contributed by atoms with E-state index in [9.17, 15) is 0 Å². The van der Waals surface area contributed by atoms with Gasteiger partial charge in [-0.2, -0.15) is 12.6 Å². The van der Waals surface area contributed by atoms with Gasteiger partial charge in [-0.15, -0.1) is 0 Å². The van der Waals surface area contributed by atoms with Crippen molar-refractivity contribution < 1.29 is 26.3 Å². The molecule has 0 amide bonds. The molecule has 100 valence electrons. The second-order valence-corrected chi connectivity index (χ2v) is 4.06. The Morgan fingerprint density at radius 1 is 1.35 bits per heavy atom. The third-order valence-electron chi connectivity index (χ3n) is 1.54. The van der Waals surface area contributed by atoms with Gasteiger partial charge in [-0.25, -0.2) is 9.13 Å². The molecule has 1 aromatic rings. The molecule has 0 fully saturated rings. The van der Waals surface area contributed by atoms with Crippen molar-refractivity contribution >= 4 is 28.9 Å². The molecule has 0 aromatic carbocycles. The van der Waals surface area contributed by atoms with Crippen molar-refractivity contribution in [2.75, 3.05) is 19.0 Å². The number of aryl methyl sites for hydroxylation is 2. The fraction of sp³-hybridized carbons (Fsp3) is 0.571. The highest BCUT2D eigenvalue weighted by molar-refractivity contribution is 7.79. The molecule has 10 heteroatoms. The predicted octanol–water partition coefficient (Wildman–Crippen LogP) is -1.07. The summed E-state index contributed by atoms with van der Waals surface area (Å²) < 4.78 is 43.6. The molecular weight excluding hydrogens is 270 g/mol. The van der Waals surface area contributed by atoms with Crippen LogP contribution in [-0.2, 0) is 37.0 Å². The number of anilines is 1. The summed E-state index contributed by atoms with van der Waals surface area (Å²) in [5.41, 5.74) is 0. The van der Waals surface area contributed by atoms with E-state index in [4.69, 9.17) is 21.7 Å². The van der Waals surface area contributed by atoms with Crippen LogP contribution in [0.5, 0.6) is 0 Å². The quantitative estimate of drug-likeness (QED) is 0.500. The Kier molecular flexibility index (Phi) is 8.66. The van der Waals surface area contributed by atoms with Gasteiger partial charge in [-0.05, 0) is 0 Å². The van der Waals surface area contributed by atoms with Crippen LogP contribution in [0.4, 0.5) is 5.95 Å². The van der Waals surface area contributed by atoms with Crippen LogP contribution in [0.1, 0.15) is 0 Å². The second-order valence-electron chi connectivity index (χ2n) is 3.16. The van der Waals surface area contributed by atoms with Gasteiger partial charge in [0, 0.05) is 0 Å². The standard InChI is InChI=1S/C7H14N3.H2O4S.OS/c1-8(2)7-9(3)5-6-10(7)4;1-5(2,3)4;1-2/h5-6H,1-4H3;(H2,1,2,3,4);/q+1;;. The molecule has 0 bridgehead atoms. The van der Waals surface area contributed by atoms with Gasteiger partial charge in [0.2, 0.25) is 0 Å². The first-order valence-electron chi connectivity index (χ1n) is 4.17. The van der Waals surface area contributed by atoms with Crippen molar-refractivity contribution in [3.8, 4) is 0 Å². The van der Waals surface area contributed by atoms with Crippen LogP contribution in [-0.4, -0.2) is 40.4 Å². The molecule has 1 aromatic heterocycles. The fourth-order valence-electron chi connectivity index (χ4n) is 1.21. The lowest BCUT2D eigenvalue weighted by Crippen LogP contribution is -2.34. The number of hydrogen-bond acceptors (Lipinski definition) is 5. The first-order valence-corrected chi connectivity index (χ1v) is 5.90. The van der Waals surface area contributed by atoms with Gasteiger partial charge in [-0.3, -0.25) is 14.0 Å². The monoisotopic (exact) mass is 286 g/mol. The molecule has 0 aliphatic carbocycles. The molecule has 0 atom stereocenters. The Balaban J connectivity index is 0. The summed E-state index contributed by atoms with van der Waals surface area (Å²) in [7, 11) is 3.48. The van der Waals surface area contributed by atoms with Gasteiger partial charge in [0.1, 0.15) is 0 Å². The Bertz CT molecular complexity index is 401. The highest BCUT2D eigenvalue weighted by Crippen LogP contribution is 2.00. The molecule has 0 aliphatic rings. The summed E-state index contributed by atoms with van der Waals surface area (Å²) in [4.78, 5) is 2.08. The molecule has 2 N–H and O–H groups in total. The van der Waals surface area contributed by atoms with E-state index >= 15 is 0 Å². The summed E-state index contributed by atoms with van der Waals surface area (Å²) in [6, 6.07) is 0. The van der Waals surface area contributed by atoms with E-state index in [0.717, 1.165) is 0 Å². The molecular formula is C7H16N3O5S2+. The zero-order chi connectivity index (χ0) is 14.2. The molecule has 0 spiro atoms. The van der Waals surface area contributed by atoms with Crippen molar-refractivity contribution in [1.29, 1.82) is 0 Å². The topological polar surface area (TPSA) is 104 Å². The third-order valence-corrected chi connectivity index (χ3v) is 1.54. The Morgan fingerprint density at radius 2 is 1.71 bits per heavy atom. The normalized spacial score (nSPS) is 9.53. The van der Waals surface area contributed by atoms with Crippen molar-refractivity contribution in [1.82, 2.24) is 4.57 Å². The zero-order valence-corrected chi connectivity index (χ0v) is 11.6. The van der Waals surface area contributed by atoms with Gasteiger partial charge in [0.05, 0.1) is 40.6 Å². The van der Waals surface area contributed by atoms with Crippen molar-refractivity contribution in [3.05, 3.63) is 12.4 Å². The lowest BCUT2D eigenvalue weighted by molar-refractivity contribution is -0.657. The minimum Gasteiger partial charge on any atom is -0.270 e. The highest BCUT2D eigenvalue weighted by atomic mass is 32.3. The van der Waals surface area contributed by atoms with Crippen LogP contribution in [0.15, 0.2) is 12.4 Å². The summed E-state index contributed by atoms with van der Waals surface area (Å²) in [5, 5.41) is 0. The first-order chi connectivity index (χ1) is 7.63. The predicted molar refractivity (Wildman–Crippen MR) is 63.2 cm³/mol. The lowest BCUT2D eigenvalue weighted by atomic mass is 10.8. The summed E-state index contributed by atoms with van der Waals surface area (Å²) in [5.74, 6) is 1.19. The Hall–Kier alpha value is -1.10. The van der Waals surface area contributed by atoms with Gasteiger partial charge >= 0.3 is 16.3 Å². The van der Waals surface area contributed by atoms with Crippen LogP contribution in [0, 0.1) is 0 Å². The summed E-state index contributed by atoms with van der Waals surface area (Å²) in [6.45, 7) is 0. The smallest absolute Gasteiger partial charge is 0.270 e. The highest BCUT2D eigenvalue weighted by Gasteiger charge is 2.11. The molecule has 1 rings (SSSR count). The maximum absolute atomic E-state index is 8.74. The van der Waals surface area contributed by atoms with Crippen molar-refractivity contribution in [2.45, 2.75) is 0 Å². The number of imidazole rings is 1. The molecule has 8 nitrogen and oxygen atoms in total. The van der Waals surface area contributed by atoms with E-state index in [1.165, 1.54) is 5.95 Å². The van der Waals surface area contributed by atoms with E-state index in [-0.39, 0.29) is 0 Å². The van der Waals surface area contributed by atoms with Gasteiger partial charge in [-0.1, -0.05) is 0 Å². The molecule has 0 radical (unpaired) electrons. The number of hydrogen-bond donors (Lipinski definition) is 2. The molecule has 0 saturated carbocycles. The van der Waals surface area contributed by atoms with E-state index in [0.29, 0.717) is 0 Å². The van der Waals surface area contributed by atoms with Crippen molar-refractivity contribution in [3.63, 3.8) is 0 Å². The van der Waals surface area contributed by atoms with E-state index in [2.05, 4.69) is 26.6 Å². The zero-order valence-electron chi connectivity index (χ0n) is 9.93. The fourth-order valence-corrected chi connectivity index (χ4v) is 1.21. The van der Waals surface area contributed by atoms with Crippen LogP contribution in [0.25, 0.3) is 0 Å². The molecule has 0 saturated heterocycles. The maximum atomic E-state index is 8.74. The summed E-state index contributed by atoms with van der Waals surface area (Å²) >= 11 is 2.83. The molecule has 1 heterocycles. The number of rotatable bonds is 1. The minimum absolute atomic E-state index is 1.19. The van der Waals surface area contributed by atoms with E-state index in [1.807, 2.05) is 40.6 Å². The third kappa shape index (κ3) is 9.81. The maximum Gasteiger partial charge on any atom is 0.394 e. The Labute approximate surface area is 106 Å². The van der Waals surface area contributed by atoms with Crippen LogP contribution >= 0.6 is 0 Å². The lowest BCUT2D eigenvalue weighted by Gasteiger charge is -2.05. The first kappa shape index (κ1) is 18.3. The Morgan fingerprint density at radius 3 is 1.82 bits per heavy atom. The van der Waals surface area contributed by atoms with Crippen molar-refractivity contribution in [2.24, 2.45) is 14.1 Å². The van der Waals surface area contributed by atoms with E-state index < -0.39 is 10.4 Å². The number of nitrogens with zero attached hydrogens (tertiary/aromatic N) is 3. The van der Waals surface area contributed by atoms with Crippen LogP contribution < -0.4 is 9.47 Å². The molecule has 17 heavy (non-hydrogen) atoms. The van der Waals surface area contributed by atoms with Gasteiger partial charge < -0.3 is 0 Å². The average Bonchev–Trinajstić information content (AvgIpc) is 2.46.